The lowest BCUT2D eigenvalue weighted by Gasteiger charge is -2.26. The highest BCUT2D eigenvalue weighted by Gasteiger charge is 2.14. The van der Waals surface area contributed by atoms with Gasteiger partial charge in [-0.15, -0.1) is 0 Å². The zero-order valence-corrected chi connectivity index (χ0v) is 9.18. The largest absolute Gasteiger partial charge is 0.338 e. The normalized spacial score (nSPS) is 16.4. The Hall–Kier alpha value is -0.990. The minimum atomic E-state index is 0.0888. The van der Waals surface area contributed by atoms with E-state index >= 15 is 0 Å². The van der Waals surface area contributed by atoms with Gasteiger partial charge in [0.05, 0.1) is 0 Å². The second kappa shape index (κ2) is 5.68. The molecule has 0 aromatic carbocycles. The number of carbonyl (C=O) groups is 1. The first kappa shape index (κ1) is 11.1. The molecule has 1 rings (SSSR count). The smallest absolute Gasteiger partial charge is 0.317 e. The van der Waals surface area contributed by atoms with Gasteiger partial charge >= 0.3 is 6.03 Å². The number of nitrogens with zero attached hydrogens (tertiary/aromatic N) is 1. The van der Waals surface area contributed by atoms with Crippen molar-refractivity contribution in [3.8, 4) is 0 Å². The first-order valence-corrected chi connectivity index (χ1v) is 5.42. The molecular formula is C11H20N2O. The van der Waals surface area contributed by atoms with E-state index in [4.69, 9.17) is 0 Å². The third-order valence-electron chi connectivity index (χ3n) is 2.43. The quantitative estimate of drug-likeness (QED) is 0.544. The summed E-state index contributed by atoms with van der Waals surface area (Å²) in [4.78, 5) is 13.5. The molecule has 0 aliphatic carbocycles. The summed E-state index contributed by atoms with van der Waals surface area (Å²) in [6, 6.07) is 0.0888. The minimum absolute atomic E-state index is 0.0888. The number of rotatable bonds is 3. The van der Waals surface area contributed by atoms with Gasteiger partial charge in [0, 0.05) is 19.6 Å². The summed E-state index contributed by atoms with van der Waals surface area (Å²) < 4.78 is 0. The van der Waals surface area contributed by atoms with E-state index in [-0.39, 0.29) is 6.03 Å². The third-order valence-corrected chi connectivity index (χ3v) is 2.43. The van der Waals surface area contributed by atoms with Crippen molar-refractivity contribution in [1.82, 2.24) is 10.2 Å². The average molecular weight is 196 g/mol. The van der Waals surface area contributed by atoms with Gasteiger partial charge in [0.2, 0.25) is 0 Å². The van der Waals surface area contributed by atoms with Crippen LogP contribution in [-0.4, -0.2) is 30.6 Å². The van der Waals surface area contributed by atoms with Gasteiger partial charge < -0.3 is 10.2 Å². The molecule has 3 heteroatoms. The zero-order chi connectivity index (χ0) is 10.4. The molecule has 0 bridgehead atoms. The van der Waals surface area contributed by atoms with E-state index in [0.717, 1.165) is 38.9 Å². The van der Waals surface area contributed by atoms with E-state index in [9.17, 15) is 4.79 Å². The molecule has 80 valence electrons. The van der Waals surface area contributed by atoms with Crippen LogP contribution in [0, 0.1) is 0 Å². The minimum Gasteiger partial charge on any atom is -0.338 e. The number of hydrogen-bond acceptors (Lipinski definition) is 1. The lowest BCUT2D eigenvalue weighted by molar-refractivity contribution is 0.201. The van der Waals surface area contributed by atoms with Crippen molar-refractivity contribution in [2.24, 2.45) is 0 Å². The molecule has 2 amide bonds. The van der Waals surface area contributed by atoms with Gasteiger partial charge in [0.15, 0.2) is 0 Å². The summed E-state index contributed by atoms with van der Waals surface area (Å²) in [5, 5.41) is 2.93. The Morgan fingerprint density at radius 2 is 2.43 bits per heavy atom. The van der Waals surface area contributed by atoms with Crippen LogP contribution in [0.15, 0.2) is 11.6 Å². The van der Waals surface area contributed by atoms with E-state index in [1.807, 2.05) is 4.90 Å². The molecule has 0 unspecified atom stereocenters. The summed E-state index contributed by atoms with van der Waals surface area (Å²) in [6.45, 7) is 6.65. The number of hydrogen-bond donors (Lipinski definition) is 1. The van der Waals surface area contributed by atoms with Crippen LogP contribution in [0.5, 0.6) is 0 Å². The van der Waals surface area contributed by atoms with Gasteiger partial charge in [-0.2, -0.15) is 0 Å². The fraction of sp³-hybridized carbons (Fsp3) is 0.727. The summed E-state index contributed by atoms with van der Waals surface area (Å²) in [6.07, 6.45) is 5.39. The second-order valence-electron chi connectivity index (χ2n) is 3.85. The van der Waals surface area contributed by atoms with Crippen molar-refractivity contribution in [3.05, 3.63) is 11.6 Å². The van der Waals surface area contributed by atoms with E-state index in [2.05, 4.69) is 25.2 Å². The molecule has 0 saturated heterocycles. The Morgan fingerprint density at radius 1 is 1.64 bits per heavy atom. The van der Waals surface area contributed by atoms with E-state index in [0.29, 0.717) is 0 Å². The fourth-order valence-electron chi connectivity index (χ4n) is 1.57. The number of urea groups is 1. The maximum atomic E-state index is 11.6. The maximum absolute atomic E-state index is 11.6. The van der Waals surface area contributed by atoms with Gasteiger partial charge in [-0.05, 0) is 19.8 Å². The molecule has 0 aromatic rings. The predicted molar refractivity (Wildman–Crippen MR) is 58.3 cm³/mol. The molecule has 0 saturated carbocycles. The van der Waals surface area contributed by atoms with E-state index in [1.54, 1.807) is 0 Å². The third kappa shape index (κ3) is 3.40. The summed E-state index contributed by atoms with van der Waals surface area (Å²) in [7, 11) is 0. The Bertz CT molecular complexity index is 223. The van der Waals surface area contributed by atoms with Gasteiger partial charge in [-0.25, -0.2) is 4.79 Å². The second-order valence-corrected chi connectivity index (χ2v) is 3.85. The number of amides is 2. The van der Waals surface area contributed by atoms with E-state index < -0.39 is 0 Å². The van der Waals surface area contributed by atoms with E-state index in [1.165, 1.54) is 5.57 Å². The monoisotopic (exact) mass is 196 g/mol. The lowest BCUT2D eigenvalue weighted by Crippen LogP contribution is -2.42. The van der Waals surface area contributed by atoms with Crippen molar-refractivity contribution in [2.45, 2.75) is 33.1 Å². The van der Waals surface area contributed by atoms with Crippen molar-refractivity contribution in [2.75, 3.05) is 19.6 Å². The molecule has 0 radical (unpaired) electrons. The van der Waals surface area contributed by atoms with Crippen LogP contribution in [0.1, 0.15) is 33.1 Å². The Balaban J connectivity index is 2.27. The van der Waals surface area contributed by atoms with Crippen LogP contribution < -0.4 is 5.32 Å². The maximum Gasteiger partial charge on any atom is 0.317 e. The molecule has 1 aliphatic rings. The van der Waals surface area contributed by atoms with Crippen molar-refractivity contribution in [1.29, 1.82) is 0 Å². The molecule has 1 aliphatic heterocycles. The molecule has 14 heavy (non-hydrogen) atoms. The fourth-order valence-corrected chi connectivity index (χ4v) is 1.57. The SMILES string of the molecule is CCCCNC(=O)N1CCC=C(C)C1. The van der Waals surface area contributed by atoms with Crippen molar-refractivity contribution >= 4 is 6.03 Å². The highest BCUT2D eigenvalue weighted by molar-refractivity contribution is 5.74. The number of unbranched alkanes of at least 4 members (excludes halogenated alkanes) is 1. The van der Waals surface area contributed by atoms with Crippen LogP contribution in [0.2, 0.25) is 0 Å². The Morgan fingerprint density at radius 3 is 3.07 bits per heavy atom. The molecule has 1 heterocycles. The number of carbonyl (C=O) groups excluding carboxylic acids is 1. The van der Waals surface area contributed by atoms with Crippen molar-refractivity contribution in [3.63, 3.8) is 0 Å². The Kier molecular flexibility index (Phi) is 4.50. The molecule has 1 N–H and O–H groups in total. The summed E-state index contributed by atoms with van der Waals surface area (Å²) >= 11 is 0. The number of nitrogens with one attached hydrogen (secondary N) is 1. The van der Waals surface area contributed by atoms with Crippen LogP contribution in [-0.2, 0) is 0 Å². The van der Waals surface area contributed by atoms with Gasteiger partial charge in [-0.1, -0.05) is 25.0 Å². The average Bonchev–Trinajstić information content (AvgIpc) is 2.18. The van der Waals surface area contributed by atoms with Crippen molar-refractivity contribution < 1.29 is 4.79 Å². The molecule has 3 nitrogen and oxygen atoms in total. The van der Waals surface area contributed by atoms with Gasteiger partial charge in [0.1, 0.15) is 0 Å². The first-order valence-electron chi connectivity index (χ1n) is 5.42. The van der Waals surface area contributed by atoms with Crippen LogP contribution in [0.25, 0.3) is 0 Å². The predicted octanol–water partition coefficient (Wildman–Crippen LogP) is 2.15. The first-order chi connectivity index (χ1) is 6.74. The van der Waals surface area contributed by atoms with Crippen LogP contribution in [0.4, 0.5) is 4.79 Å². The topological polar surface area (TPSA) is 32.3 Å². The Labute approximate surface area is 86.2 Å². The molecule has 0 atom stereocenters. The standard InChI is InChI=1S/C11H20N2O/c1-3-4-7-12-11(14)13-8-5-6-10(2)9-13/h6H,3-5,7-9H2,1-2H3,(H,12,14). The zero-order valence-electron chi connectivity index (χ0n) is 9.18. The molecule has 0 aromatic heterocycles. The highest BCUT2D eigenvalue weighted by atomic mass is 16.2. The summed E-state index contributed by atoms with van der Waals surface area (Å²) in [5.41, 5.74) is 1.29. The molecular weight excluding hydrogens is 176 g/mol. The van der Waals surface area contributed by atoms with Gasteiger partial charge in [-0.3, -0.25) is 0 Å². The lowest BCUT2D eigenvalue weighted by atomic mass is 10.1. The summed E-state index contributed by atoms with van der Waals surface area (Å²) in [5.74, 6) is 0. The molecule has 0 spiro atoms. The van der Waals surface area contributed by atoms with Gasteiger partial charge in [0.25, 0.3) is 0 Å². The molecule has 0 fully saturated rings. The van der Waals surface area contributed by atoms with Crippen LogP contribution in [0.3, 0.4) is 0 Å². The van der Waals surface area contributed by atoms with Crippen LogP contribution >= 0.6 is 0 Å². The highest BCUT2D eigenvalue weighted by Crippen LogP contribution is 2.08.